The third-order valence-electron chi connectivity index (χ3n) is 7.45. The van der Waals surface area contributed by atoms with Crippen molar-refractivity contribution in [1.82, 2.24) is 10.2 Å². The summed E-state index contributed by atoms with van der Waals surface area (Å²) in [5.41, 5.74) is 3.06. The van der Waals surface area contributed by atoms with Gasteiger partial charge in [-0.15, -0.1) is 0 Å². The Bertz CT molecular complexity index is 1120. The summed E-state index contributed by atoms with van der Waals surface area (Å²) in [4.78, 5) is 42.2. The van der Waals surface area contributed by atoms with Gasteiger partial charge in [0.25, 0.3) is 0 Å². The van der Waals surface area contributed by atoms with Crippen molar-refractivity contribution in [1.29, 1.82) is 0 Å². The molecule has 0 unspecified atom stereocenters. The molecular formula is C29H38N4O5. The second kappa shape index (κ2) is 12.2. The molecule has 9 nitrogen and oxygen atoms in total. The summed E-state index contributed by atoms with van der Waals surface area (Å²) in [5.74, 6) is 0.209. The highest BCUT2D eigenvalue weighted by molar-refractivity contribution is 5.98. The van der Waals surface area contributed by atoms with Crippen molar-refractivity contribution in [2.45, 2.75) is 57.7 Å². The van der Waals surface area contributed by atoms with Crippen molar-refractivity contribution in [2.24, 2.45) is 5.92 Å². The Balaban J connectivity index is 1.41. The number of hydrogen-bond acceptors (Lipinski definition) is 6. The highest BCUT2D eigenvalue weighted by Crippen LogP contribution is 2.37. The summed E-state index contributed by atoms with van der Waals surface area (Å²) in [6, 6.07) is 15.1. The number of rotatable bonds is 8. The van der Waals surface area contributed by atoms with Crippen LogP contribution in [-0.2, 0) is 14.3 Å². The molecule has 0 aromatic heterocycles. The lowest BCUT2D eigenvalue weighted by molar-refractivity contribution is -0.139. The maximum Gasteiger partial charge on any atom is 0.407 e. The molecular weight excluding hydrogens is 484 g/mol. The number of carbonyl (C=O) groups excluding carboxylic acids is 3. The maximum atomic E-state index is 13.2. The number of carbonyl (C=O) groups is 3. The molecule has 9 heteroatoms. The van der Waals surface area contributed by atoms with Crippen molar-refractivity contribution < 1.29 is 23.9 Å². The lowest BCUT2D eigenvalue weighted by Gasteiger charge is -2.30. The van der Waals surface area contributed by atoms with Crippen molar-refractivity contribution >= 4 is 29.3 Å². The number of benzene rings is 2. The number of hydrogen-bond donors (Lipinski definition) is 2. The molecule has 38 heavy (non-hydrogen) atoms. The lowest BCUT2D eigenvalue weighted by Crippen LogP contribution is -2.54. The SMILES string of the molecule is COC(=O)N[C@H](C(=O)N1CCC[C@H]1C(=O)Nc1ccc([C@@H]2CCCN2c2ccc(OC)cc2)cc1)C(C)C. The Hall–Kier alpha value is -3.75. The molecule has 4 rings (SSSR count). The van der Waals surface area contributed by atoms with Crippen molar-refractivity contribution in [3.05, 3.63) is 54.1 Å². The van der Waals surface area contributed by atoms with Gasteiger partial charge in [0, 0.05) is 24.5 Å². The molecule has 2 aliphatic heterocycles. The summed E-state index contributed by atoms with van der Waals surface area (Å²) in [7, 11) is 2.93. The van der Waals surface area contributed by atoms with Crippen molar-refractivity contribution in [3.8, 4) is 5.75 Å². The Labute approximate surface area is 224 Å². The summed E-state index contributed by atoms with van der Waals surface area (Å²) < 4.78 is 9.97. The monoisotopic (exact) mass is 522 g/mol. The van der Waals surface area contributed by atoms with E-state index in [0.717, 1.165) is 37.2 Å². The minimum absolute atomic E-state index is 0.147. The number of nitrogens with zero attached hydrogens (tertiary/aromatic N) is 2. The van der Waals surface area contributed by atoms with Gasteiger partial charge in [0.2, 0.25) is 11.8 Å². The smallest absolute Gasteiger partial charge is 0.407 e. The molecule has 2 fully saturated rings. The van der Waals surface area contributed by atoms with E-state index in [1.165, 1.54) is 12.7 Å². The van der Waals surface area contributed by atoms with Gasteiger partial charge in [-0.2, -0.15) is 0 Å². The average molecular weight is 523 g/mol. The predicted octanol–water partition coefficient (Wildman–Crippen LogP) is 4.35. The molecule has 2 aromatic carbocycles. The van der Waals surface area contributed by atoms with Gasteiger partial charge in [-0.1, -0.05) is 26.0 Å². The van der Waals surface area contributed by atoms with Crippen LogP contribution in [0.2, 0.25) is 0 Å². The van der Waals surface area contributed by atoms with Crippen LogP contribution in [0.4, 0.5) is 16.2 Å². The van der Waals surface area contributed by atoms with Crippen LogP contribution in [0.15, 0.2) is 48.5 Å². The fourth-order valence-corrected chi connectivity index (χ4v) is 5.39. The second-order valence-electron chi connectivity index (χ2n) is 10.2. The Kier molecular flexibility index (Phi) is 8.76. The first kappa shape index (κ1) is 27.3. The van der Waals surface area contributed by atoms with Crippen LogP contribution in [0.3, 0.4) is 0 Å². The molecule has 0 spiro atoms. The molecule has 0 radical (unpaired) electrons. The number of amides is 3. The molecule has 2 heterocycles. The molecule has 0 bridgehead atoms. The first-order valence-corrected chi connectivity index (χ1v) is 13.3. The van der Waals surface area contributed by atoms with E-state index in [0.29, 0.717) is 18.7 Å². The van der Waals surface area contributed by atoms with E-state index in [4.69, 9.17) is 4.74 Å². The topological polar surface area (TPSA) is 100 Å². The summed E-state index contributed by atoms with van der Waals surface area (Å²) in [5, 5.41) is 5.60. The van der Waals surface area contributed by atoms with Gasteiger partial charge in [0.1, 0.15) is 17.8 Å². The largest absolute Gasteiger partial charge is 0.497 e. The van der Waals surface area contributed by atoms with E-state index in [9.17, 15) is 14.4 Å². The average Bonchev–Trinajstić information content (AvgIpc) is 3.62. The van der Waals surface area contributed by atoms with Gasteiger partial charge in [-0.25, -0.2) is 4.79 Å². The summed E-state index contributed by atoms with van der Waals surface area (Å²) in [6.45, 7) is 5.17. The zero-order valence-corrected chi connectivity index (χ0v) is 22.6. The number of nitrogens with one attached hydrogen (secondary N) is 2. The standard InChI is InChI=1S/C29H38N4O5/c1-19(2)26(31-29(36)38-4)28(35)33-18-6-8-25(33)27(34)30-21-11-9-20(10-12-21)24-7-5-17-32(24)22-13-15-23(37-3)16-14-22/h9-16,19,24-26H,5-8,17-18H2,1-4H3,(H,30,34)(H,31,36)/t24-,25-,26-/m0/s1. The molecule has 2 aromatic rings. The Morgan fingerprint density at radius 3 is 2.24 bits per heavy atom. The van der Waals surface area contributed by atoms with Crippen LogP contribution in [-0.4, -0.2) is 62.2 Å². The maximum absolute atomic E-state index is 13.2. The molecule has 2 aliphatic rings. The minimum Gasteiger partial charge on any atom is -0.497 e. The van der Waals surface area contributed by atoms with Gasteiger partial charge in [-0.3, -0.25) is 9.59 Å². The quantitative estimate of drug-likeness (QED) is 0.535. The number of methoxy groups -OCH3 is 2. The van der Waals surface area contributed by atoms with Gasteiger partial charge in [0.05, 0.1) is 20.3 Å². The van der Waals surface area contributed by atoms with Gasteiger partial charge < -0.3 is 29.9 Å². The zero-order valence-electron chi connectivity index (χ0n) is 22.6. The van der Waals surface area contributed by atoms with Crippen LogP contribution in [0.5, 0.6) is 5.75 Å². The van der Waals surface area contributed by atoms with Crippen LogP contribution < -0.4 is 20.3 Å². The van der Waals surface area contributed by atoms with E-state index < -0.39 is 18.2 Å². The van der Waals surface area contributed by atoms with E-state index in [-0.39, 0.29) is 23.8 Å². The molecule has 3 amide bonds. The summed E-state index contributed by atoms with van der Waals surface area (Å²) in [6.07, 6.45) is 2.83. The second-order valence-corrected chi connectivity index (χ2v) is 10.2. The first-order chi connectivity index (χ1) is 18.3. The van der Waals surface area contributed by atoms with Crippen molar-refractivity contribution in [3.63, 3.8) is 0 Å². The first-order valence-electron chi connectivity index (χ1n) is 13.3. The normalized spacial score (nSPS) is 19.8. The molecule has 0 saturated carbocycles. The number of alkyl carbamates (subject to hydrolysis) is 1. The number of likely N-dealkylation sites (tertiary alicyclic amines) is 1. The van der Waals surface area contributed by atoms with Crippen LogP contribution >= 0.6 is 0 Å². The van der Waals surface area contributed by atoms with Crippen LogP contribution in [0.1, 0.15) is 51.1 Å². The van der Waals surface area contributed by atoms with Crippen LogP contribution in [0.25, 0.3) is 0 Å². The van der Waals surface area contributed by atoms with E-state index in [2.05, 4.69) is 44.5 Å². The number of anilines is 2. The Morgan fingerprint density at radius 1 is 0.921 bits per heavy atom. The Morgan fingerprint density at radius 2 is 1.61 bits per heavy atom. The van der Waals surface area contributed by atoms with Gasteiger partial charge in [-0.05, 0) is 73.6 Å². The fourth-order valence-electron chi connectivity index (χ4n) is 5.39. The van der Waals surface area contributed by atoms with E-state index >= 15 is 0 Å². The third-order valence-corrected chi connectivity index (χ3v) is 7.45. The van der Waals surface area contributed by atoms with E-state index in [1.54, 1.807) is 12.0 Å². The lowest BCUT2D eigenvalue weighted by atomic mass is 10.0. The van der Waals surface area contributed by atoms with E-state index in [1.807, 2.05) is 38.1 Å². The highest BCUT2D eigenvalue weighted by atomic mass is 16.5. The third kappa shape index (κ3) is 6.03. The molecule has 0 aliphatic carbocycles. The number of ether oxygens (including phenoxy) is 2. The molecule has 2 N–H and O–H groups in total. The van der Waals surface area contributed by atoms with Gasteiger partial charge in [0.15, 0.2) is 0 Å². The van der Waals surface area contributed by atoms with Gasteiger partial charge >= 0.3 is 6.09 Å². The molecule has 2 saturated heterocycles. The zero-order chi connectivity index (χ0) is 27.2. The predicted molar refractivity (Wildman–Crippen MR) is 146 cm³/mol. The van der Waals surface area contributed by atoms with Crippen molar-refractivity contribution in [2.75, 3.05) is 37.5 Å². The van der Waals surface area contributed by atoms with Crippen LogP contribution in [0, 0.1) is 5.92 Å². The molecule has 204 valence electrons. The fraction of sp³-hybridized carbons (Fsp3) is 0.483. The summed E-state index contributed by atoms with van der Waals surface area (Å²) >= 11 is 0. The minimum atomic E-state index is -0.754. The molecule has 3 atom stereocenters. The highest BCUT2D eigenvalue weighted by Gasteiger charge is 2.39.